The minimum absolute atomic E-state index is 0.0391. The standard InChI is InChI=1S/C22H21NO4/c1-3-4-7-14-27-20-15-17(11-10-16(20)2)12-13-21(24)23-19-9-6-5-8-18(19)22(25)26/h1,5-6,8-13,15H,4,7,14H2,2H3,(H,23,24)(H,25,26)/b13-12+. The second kappa shape index (κ2) is 9.83. The van der Waals surface area contributed by atoms with Gasteiger partial charge in [-0.3, -0.25) is 4.79 Å². The van der Waals surface area contributed by atoms with E-state index in [1.54, 1.807) is 24.3 Å². The van der Waals surface area contributed by atoms with E-state index in [-0.39, 0.29) is 11.3 Å². The highest BCUT2D eigenvalue weighted by Gasteiger charge is 2.10. The van der Waals surface area contributed by atoms with Crippen molar-refractivity contribution in [3.05, 3.63) is 65.2 Å². The van der Waals surface area contributed by atoms with Gasteiger partial charge >= 0.3 is 5.97 Å². The smallest absolute Gasteiger partial charge is 0.337 e. The third-order valence-corrected chi connectivity index (χ3v) is 3.78. The Morgan fingerprint density at radius 1 is 1.26 bits per heavy atom. The molecule has 138 valence electrons. The Hall–Kier alpha value is -3.52. The molecule has 2 rings (SSSR count). The fraction of sp³-hybridized carbons (Fsp3) is 0.182. The van der Waals surface area contributed by atoms with Crippen molar-refractivity contribution in [1.82, 2.24) is 0 Å². The molecule has 0 aromatic heterocycles. The molecule has 0 saturated heterocycles. The molecule has 0 heterocycles. The van der Waals surface area contributed by atoms with Gasteiger partial charge in [0, 0.05) is 12.5 Å². The molecule has 0 aliphatic rings. The van der Waals surface area contributed by atoms with Crippen LogP contribution in [0.3, 0.4) is 0 Å². The fourth-order valence-corrected chi connectivity index (χ4v) is 2.36. The molecule has 2 aromatic rings. The summed E-state index contributed by atoms with van der Waals surface area (Å²) in [4.78, 5) is 23.3. The molecular formula is C22H21NO4. The molecule has 0 saturated carbocycles. The first-order valence-electron chi connectivity index (χ1n) is 8.49. The van der Waals surface area contributed by atoms with Crippen molar-refractivity contribution in [2.45, 2.75) is 19.8 Å². The molecule has 5 nitrogen and oxygen atoms in total. The number of nitrogens with one attached hydrogen (secondary N) is 1. The monoisotopic (exact) mass is 363 g/mol. The number of carboxylic acids is 1. The maximum Gasteiger partial charge on any atom is 0.337 e. The number of anilines is 1. The van der Waals surface area contributed by atoms with E-state index in [1.165, 1.54) is 12.1 Å². The lowest BCUT2D eigenvalue weighted by atomic mass is 10.1. The third-order valence-electron chi connectivity index (χ3n) is 3.78. The quantitative estimate of drug-likeness (QED) is 0.420. The number of amides is 1. The van der Waals surface area contributed by atoms with Crippen molar-refractivity contribution in [3.63, 3.8) is 0 Å². The largest absolute Gasteiger partial charge is 0.493 e. The minimum Gasteiger partial charge on any atom is -0.493 e. The van der Waals surface area contributed by atoms with Crippen molar-refractivity contribution >= 4 is 23.6 Å². The molecule has 0 aliphatic carbocycles. The molecule has 5 heteroatoms. The molecular weight excluding hydrogens is 342 g/mol. The summed E-state index contributed by atoms with van der Waals surface area (Å²) in [6.45, 7) is 2.48. The zero-order valence-corrected chi connectivity index (χ0v) is 15.1. The maximum atomic E-state index is 12.1. The molecule has 0 aliphatic heterocycles. The van der Waals surface area contributed by atoms with Crippen LogP contribution in [0.15, 0.2) is 48.5 Å². The lowest BCUT2D eigenvalue weighted by molar-refractivity contribution is -0.111. The number of carbonyl (C=O) groups is 2. The van der Waals surface area contributed by atoms with E-state index >= 15 is 0 Å². The molecule has 0 fully saturated rings. The fourth-order valence-electron chi connectivity index (χ4n) is 2.36. The van der Waals surface area contributed by atoms with E-state index in [4.69, 9.17) is 16.3 Å². The average molecular weight is 363 g/mol. The summed E-state index contributed by atoms with van der Waals surface area (Å²) >= 11 is 0. The Morgan fingerprint density at radius 3 is 2.78 bits per heavy atom. The number of ether oxygens (including phenoxy) is 1. The topological polar surface area (TPSA) is 75.6 Å². The second-order valence-electron chi connectivity index (χ2n) is 5.85. The number of aryl methyl sites for hydroxylation is 1. The average Bonchev–Trinajstić information content (AvgIpc) is 2.65. The van der Waals surface area contributed by atoms with Crippen LogP contribution >= 0.6 is 0 Å². The van der Waals surface area contributed by atoms with Crippen LogP contribution in [0.4, 0.5) is 5.69 Å². The van der Waals surface area contributed by atoms with Crippen LogP contribution in [0.2, 0.25) is 0 Å². The van der Waals surface area contributed by atoms with E-state index in [0.717, 1.165) is 23.3 Å². The molecule has 2 N–H and O–H groups in total. The maximum absolute atomic E-state index is 12.1. The summed E-state index contributed by atoms with van der Waals surface area (Å²) in [5.41, 5.74) is 2.08. The molecule has 0 spiro atoms. The third kappa shape index (κ3) is 6.05. The number of benzene rings is 2. The summed E-state index contributed by atoms with van der Waals surface area (Å²) in [7, 11) is 0. The first-order chi connectivity index (χ1) is 13.0. The van der Waals surface area contributed by atoms with E-state index in [1.807, 2.05) is 25.1 Å². The number of hydrogen-bond donors (Lipinski definition) is 2. The van der Waals surface area contributed by atoms with Gasteiger partial charge in [0.25, 0.3) is 0 Å². The Bertz CT molecular complexity index is 893. The SMILES string of the molecule is C#CCCCOc1cc(/C=C/C(=O)Nc2ccccc2C(=O)O)ccc1C. The van der Waals surface area contributed by atoms with Crippen molar-refractivity contribution in [2.75, 3.05) is 11.9 Å². The van der Waals surface area contributed by atoms with Crippen LogP contribution in [-0.4, -0.2) is 23.6 Å². The van der Waals surface area contributed by atoms with Gasteiger partial charge in [0.15, 0.2) is 0 Å². The van der Waals surface area contributed by atoms with Crippen molar-refractivity contribution < 1.29 is 19.4 Å². The van der Waals surface area contributed by atoms with Gasteiger partial charge in [0.05, 0.1) is 17.9 Å². The lowest BCUT2D eigenvalue weighted by Crippen LogP contribution is -2.11. The first-order valence-corrected chi connectivity index (χ1v) is 8.49. The van der Waals surface area contributed by atoms with Gasteiger partial charge in [0.1, 0.15) is 5.75 Å². The van der Waals surface area contributed by atoms with Crippen molar-refractivity contribution in [1.29, 1.82) is 0 Å². The number of hydrogen-bond acceptors (Lipinski definition) is 3. The van der Waals surface area contributed by atoms with E-state index in [9.17, 15) is 9.59 Å². The molecule has 27 heavy (non-hydrogen) atoms. The highest BCUT2D eigenvalue weighted by Crippen LogP contribution is 2.21. The zero-order valence-electron chi connectivity index (χ0n) is 15.1. The number of rotatable bonds is 8. The lowest BCUT2D eigenvalue weighted by Gasteiger charge is -2.09. The summed E-state index contributed by atoms with van der Waals surface area (Å²) in [6.07, 6.45) is 9.67. The van der Waals surface area contributed by atoms with E-state index < -0.39 is 11.9 Å². The number of terminal acetylenes is 1. The Kier molecular flexibility index (Phi) is 7.21. The normalized spacial score (nSPS) is 10.4. The minimum atomic E-state index is -1.10. The van der Waals surface area contributed by atoms with E-state index in [2.05, 4.69) is 11.2 Å². The molecule has 0 radical (unpaired) electrons. The van der Waals surface area contributed by atoms with Gasteiger partial charge in [-0.25, -0.2) is 4.79 Å². The van der Waals surface area contributed by atoms with Gasteiger partial charge < -0.3 is 15.2 Å². The van der Waals surface area contributed by atoms with Crippen LogP contribution in [0, 0.1) is 19.3 Å². The Morgan fingerprint density at radius 2 is 2.04 bits per heavy atom. The number of carboxylic acid groups (broad SMARTS) is 1. The summed E-state index contributed by atoms with van der Waals surface area (Å²) in [5.74, 6) is 1.80. The zero-order chi connectivity index (χ0) is 19.6. The predicted octanol–water partition coefficient (Wildman–Crippen LogP) is 4.14. The van der Waals surface area contributed by atoms with Gasteiger partial charge in [-0.2, -0.15) is 0 Å². The van der Waals surface area contributed by atoms with Crippen molar-refractivity contribution in [2.24, 2.45) is 0 Å². The highest BCUT2D eigenvalue weighted by atomic mass is 16.5. The van der Waals surface area contributed by atoms with Crippen LogP contribution in [-0.2, 0) is 4.79 Å². The van der Waals surface area contributed by atoms with Crippen molar-refractivity contribution in [3.8, 4) is 18.1 Å². The van der Waals surface area contributed by atoms with Gasteiger partial charge in [0.2, 0.25) is 5.91 Å². The molecule has 0 atom stereocenters. The van der Waals surface area contributed by atoms with E-state index in [0.29, 0.717) is 13.0 Å². The van der Waals surface area contributed by atoms with Gasteiger partial charge in [-0.15, -0.1) is 12.3 Å². The summed E-state index contributed by atoms with van der Waals surface area (Å²) in [6, 6.07) is 11.9. The predicted molar refractivity (Wildman–Crippen MR) is 106 cm³/mol. The summed E-state index contributed by atoms with van der Waals surface area (Å²) < 4.78 is 5.73. The molecule has 0 bridgehead atoms. The molecule has 0 unspecified atom stereocenters. The van der Waals surface area contributed by atoms with Gasteiger partial charge in [-0.05, 0) is 48.7 Å². The second-order valence-corrected chi connectivity index (χ2v) is 5.85. The van der Waals surface area contributed by atoms with Crippen LogP contribution in [0.5, 0.6) is 5.75 Å². The highest BCUT2D eigenvalue weighted by molar-refractivity contribution is 6.06. The van der Waals surface area contributed by atoms with Gasteiger partial charge in [-0.1, -0.05) is 24.3 Å². The first kappa shape index (κ1) is 19.8. The van der Waals surface area contributed by atoms with Crippen LogP contribution in [0.1, 0.15) is 34.3 Å². The van der Waals surface area contributed by atoms with Crippen LogP contribution < -0.4 is 10.1 Å². The number of aromatic carboxylic acids is 1. The Labute approximate surface area is 158 Å². The summed E-state index contributed by atoms with van der Waals surface area (Å²) in [5, 5.41) is 11.7. The number of unbranched alkanes of at least 4 members (excludes halogenated alkanes) is 1. The Balaban J connectivity index is 2.04. The van der Waals surface area contributed by atoms with Crippen LogP contribution in [0.25, 0.3) is 6.08 Å². The number of carbonyl (C=O) groups excluding carboxylic acids is 1. The molecule has 1 amide bonds. The number of para-hydroxylation sites is 1. The molecule has 2 aromatic carbocycles.